The Balaban J connectivity index is 2.08. The van der Waals surface area contributed by atoms with E-state index in [9.17, 15) is 9.50 Å². The normalized spacial score (nSPS) is 17.1. The van der Waals surface area contributed by atoms with Crippen LogP contribution in [0.15, 0.2) is 22.7 Å². The highest BCUT2D eigenvalue weighted by Gasteiger charge is 2.21. The van der Waals surface area contributed by atoms with E-state index < -0.39 is 0 Å². The van der Waals surface area contributed by atoms with Crippen LogP contribution in [0.3, 0.4) is 0 Å². The lowest BCUT2D eigenvalue weighted by Crippen LogP contribution is -2.38. The van der Waals surface area contributed by atoms with Crippen molar-refractivity contribution in [2.75, 3.05) is 13.2 Å². The van der Waals surface area contributed by atoms with Crippen LogP contribution in [0.5, 0.6) is 0 Å². The summed E-state index contributed by atoms with van der Waals surface area (Å²) >= 11 is 3.32. The van der Waals surface area contributed by atoms with Crippen molar-refractivity contribution in [1.82, 2.24) is 4.90 Å². The second-order valence-electron chi connectivity index (χ2n) is 5.20. The molecule has 1 aromatic carbocycles. The van der Waals surface area contributed by atoms with Crippen molar-refractivity contribution in [3.8, 4) is 0 Å². The van der Waals surface area contributed by atoms with Gasteiger partial charge in [0.05, 0.1) is 11.1 Å². The Morgan fingerprint density at radius 2 is 2.00 bits per heavy atom. The fourth-order valence-corrected chi connectivity index (χ4v) is 3.24. The number of benzene rings is 1. The molecule has 0 heterocycles. The molecule has 19 heavy (non-hydrogen) atoms. The summed E-state index contributed by atoms with van der Waals surface area (Å²) in [5.41, 5.74) is 0.957. The molecule has 4 heteroatoms. The zero-order valence-electron chi connectivity index (χ0n) is 11.1. The first-order valence-corrected chi connectivity index (χ1v) is 7.79. The van der Waals surface area contributed by atoms with E-state index in [4.69, 9.17) is 0 Å². The fraction of sp³-hybridized carbons (Fsp3) is 0.600. The van der Waals surface area contributed by atoms with Gasteiger partial charge in [-0.1, -0.05) is 31.4 Å². The van der Waals surface area contributed by atoms with Gasteiger partial charge in [-0.15, -0.1) is 0 Å². The quantitative estimate of drug-likeness (QED) is 0.890. The second kappa shape index (κ2) is 7.36. The zero-order chi connectivity index (χ0) is 13.7. The molecule has 1 aliphatic rings. The van der Waals surface area contributed by atoms with Gasteiger partial charge in [-0.25, -0.2) is 4.39 Å². The van der Waals surface area contributed by atoms with Gasteiger partial charge in [0.25, 0.3) is 0 Å². The summed E-state index contributed by atoms with van der Waals surface area (Å²) in [4.78, 5) is 2.29. The van der Waals surface area contributed by atoms with Crippen molar-refractivity contribution in [2.24, 2.45) is 0 Å². The molecule has 0 spiro atoms. The molecule has 0 aliphatic heterocycles. The van der Waals surface area contributed by atoms with Crippen molar-refractivity contribution in [3.05, 3.63) is 34.1 Å². The van der Waals surface area contributed by atoms with Gasteiger partial charge in [0.2, 0.25) is 0 Å². The van der Waals surface area contributed by atoms with Gasteiger partial charge in [0.15, 0.2) is 0 Å². The summed E-state index contributed by atoms with van der Waals surface area (Å²) in [6, 6.07) is 5.68. The van der Waals surface area contributed by atoms with E-state index in [2.05, 4.69) is 20.8 Å². The molecule has 0 saturated heterocycles. The van der Waals surface area contributed by atoms with E-state index in [0.29, 0.717) is 23.6 Å². The average molecular weight is 330 g/mol. The average Bonchev–Trinajstić information content (AvgIpc) is 2.44. The van der Waals surface area contributed by atoms with E-state index in [1.807, 2.05) is 6.07 Å². The van der Waals surface area contributed by atoms with Gasteiger partial charge in [0, 0.05) is 19.1 Å². The van der Waals surface area contributed by atoms with Gasteiger partial charge in [0.1, 0.15) is 5.82 Å². The Hall–Kier alpha value is -0.450. The molecular weight excluding hydrogens is 309 g/mol. The number of nitrogens with zero attached hydrogens (tertiary/aromatic N) is 1. The highest BCUT2D eigenvalue weighted by atomic mass is 79.9. The van der Waals surface area contributed by atoms with Crippen molar-refractivity contribution in [2.45, 2.75) is 44.7 Å². The SMILES string of the molecule is OCCN(Cc1cccc(F)c1Br)C1CCCCC1. The molecule has 2 nitrogen and oxygen atoms in total. The van der Waals surface area contributed by atoms with Crippen LogP contribution in [0.1, 0.15) is 37.7 Å². The van der Waals surface area contributed by atoms with Gasteiger partial charge in [-0.3, -0.25) is 4.90 Å². The molecule has 106 valence electrons. The second-order valence-corrected chi connectivity index (χ2v) is 5.99. The topological polar surface area (TPSA) is 23.5 Å². The highest BCUT2D eigenvalue weighted by molar-refractivity contribution is 9.10. The lowest BCUT2D eigenvalue weighted by atomic mass is 9.94. The third-order valence-electron chi connectivity index (χ3n) is 3.88. The molecule has 1 aliphatic carbocycles. The molecule has 0 unspecified atom stereocenters. The molecule has 0 amide bonds. The highest BCUT2D eigenvalue weighted by Crippen LogP contribution is 2.27. The van der Waals surface area contributed by atoms with Crippen LogP contribution in [0, 0.1) is 5.82 Å². The number of hydrogen-bond donors (Lipinski definition) is 1. The van der Waals surface area contributed by atoms with Crippen LogP contribution >= 0.6 is 15.9 Å². The third kappa shape index (κ3) is 4.01. The first kappa shape index (κ1) is 14.9. The smallest absolute Gasteiger partial charge is 0.137 e. The summed E-state index contributed by atoms with van der Waals surface area (Å²) < 4.78 is 14.1. The third-order valence-corrected chi connectivity index (χ3v) is 4.77. The van der Waals surface area contributed by atoms with Gasteiger partial charge in [-0.2, -0.15) is 0 Å². The maximum atomic E-state index is 13.5. The van der Waals surface area contributed by atoms with Crippen molar-refractivity contribution < 1.29 is 9.50 Å². The molecular formula is C15H21BrFNO. The molecule has 0 bridgehead atoms. The lowest BCUT2D eigenvalue weighted by Gasteiger charge is -2.34. The van der Waals surface area contributed by atoms with Gasteiger partial charge < -0.3 is 5.11 Å². The van der Waals surface area contributed by atoms with E-state index in [1.54, 1.807) is 6.07 Å². The van der Waals surface area contributed by atoms with Crippen LogP contribution in [0.2, 0.25) is 0 Å². The Bertz CT molecular complexity index is 407. The minimum Gasteiger partial charge on any atom is -0.395 e. The summed E-state index contributed by atoms with van der Waals surface area (Å²) in [7, 11) is 0. The standard InChI is InChI=1S/C15H21BrFNO/c16-15-12(5-4-8-14(15)17)11-18(9-10-19)13-6-2-1-3-7-13/h4-5,8,13,19H,1-3,6-7,9-11H2. The van der Waals surface area contributed by atoms with Gasteiger partial charge >= 0.3 is 0 Å². The zero-order valence-corrected chi connectivity index (χ0v) is 12.7. The Morgan fingerprint density at radius 1 is 1.26 bits per heavy atom. The van der Waals surface area contributed by atoms with Crippen LogP contribution in [-0.2, 0) is 6.54 Å². The molecule has 1 aromatic rings. The Morgan fingerprint density at radius 3 is 2.68 bits per heavy atom. The number of rotatable bonds is 5. The molecule has 0 radical (unpaired) electrons. The van der Waals surface area contributed by atoms with E-state index >= 15 is 0 Å². The number of hydrogen-bond acceptors (Lipinski definition) is 2. The molecule has 1 N–H and O–H groups in total. The molecule has 1 saturated carbocycles. The van der Waals surface area contributed by atoms with Crippen LogP contribution in [-0.4, -0.2) is 29.2 Å². The largest absolute Gasteiger partial charge is 0.395 e. The summed E-state index contributed by atoms with van der Waals surface area (Å²) in [5, 5.41) is 9.24. The van der Waals surface area contributed by atoms with Crippen molar-refractivity contribution >= 4 is 15.9 Å². The first-order chi connectivity index (χ1) is 9.22. The van der Waals surface area contributed by atoms with Crippen molar-refractivity contribution in [1.29, 1.82) is 0 Å². The number of aliphatic hydroxyl groups is 1. The molecule has 0 atom stereocenters. The molecule has 0 aromatic heterocycles. The van der Waals surface area contributed by atoms with Crippen LogP contribution in [0.25, 0.3) is 0 Å². The maximum Gasteiger partial charge on any atom is 0.137 e. The van der Waals surface area contributed by atoms with Crippen LogP contribution in [0.4, 0.5) is 4.39 Å². The first-order valence-electron chi connectivity index (χ1n) is 7.00. The summed E-state index contributed by atoms with van der Waals surface area (Å²) in [6.45, 7) is 1.51. The van der Waals surface area contributed by atoms with E-state index in [-0.39, 0.29) is 12.4 Å². The minimum atomic E-state index is -0.218. The number of halogens is 2. The monoisotopic (exact) mass is 329 g/mol. The predicted molar refractivity (Wildman–Crippen MR) is 78.5 cm³/mol. The minimum absolute atomic E-state index is 0.156. The lowest BCUT2D eigenvalue weighted by molar-refractivity contribution is 0.117. The van der Waals surface area contributed by atoms with Crippen LogP contribution < -0.4 is 0 Å². The Labute approximate surface area is 122 Å². The summed E-state index contributed by atoms with van der Waals surface area (Å²) in [6.07, 6.45) is 6.21. The van der Waals surface area contributed by atoms with Crippen molar-refractivity contribution in [3.63, 3.8) is 0 Å². The van der Waals surface area contributed by atoms with E-state index in [0.717, 1.165) is 5.56 Å². The fourth-order valence-electron chi connectivity index (χ4n) is 2.85. The number of aliphatic hydroxyl groups excluding tert-OH is 1. The van der Waals surface area contributed by atoms with E-state index in [1.165, 1.54) is 38.2 Å². The van der Waals surface area contributed by atoms with Gasteiger partial charge in [-0.05, 0) is 40.4 Å². The molecule has 2 rings (SSSR count). The molecule has 1 fully saturated rings. The Kier molecular flexibility index (Phi) is 5.79. The summed E-state index contributed by atoms with van der Waals surface area (Å²) in [5.74, 6) is -0.218. The predicted octanol–water partition coefficient (Wildman–Crippen LogP) is 3.72. The maximum absolute atomic E-state index is 13.5.